The van der Waals surface area contributed by atoms with Crippen molar-refractivity contribution in [1.82, 2.24) is 4.90 Å². The molecule has 120 valence electrons. The molecule has 0 N–H and O–H groups in total. The third kappa shape index (κ3) is 3.16. The average Bonchev–Trinajstić information content (AvgIpc) is 3.05. The molecule has 0 aliphatic carbocycles. The quantitative estimate of drug-likeness (QED) is 0.807. The van der Waals surface area contributed by atoms with Gasteiger partial charge >= 0.3 is 0 Å². The Bertz CT molecular complexity index is 567. The number of nitrogens with zero attached hydrogens (tertiary/aromatic N) is 2. The van der Waals surface area contributed by atoms with Crippen LogP contribution in [-0.4, -0.2) is 49.9 Å². The highest BCUT2D eigenvalue weighted by molar-refractivity contribution is 6.04. The Morgan fingerprint density at radius 3 is 2.55 bits per heavy atom. The lowest BCUT2D eigenvalue weighted by Crippen LogP contribution is -2.39. The number of carbonyl (C=O) groups excluding carboxylic acids is 1. The SMILES string of the molecule is CCN(CC)C(=O)C1CC(c2ccc(OC)c(OC)c2)=NO1. The summed E-state index contributed by atoms with van der Waals surface area (Å²) in [6.45, 7) is 5.24. The van der Waals surface area contributed by atoms with Gasteiger partial charge in [0.2, 0.25) is 6.10 Å². The first-order valence-electron chi connectivity index (χ1n) is 7.38. The Morgan fingerprint density at radius 1 is 1.27 bits per heavy atom. The fourth-order valence-corrected chi connectivity index (χ4v) is 2.43. The number of rotatable bonds is 6. The van der Waals surface area contributed by atoms with Crippen LogP contribution in [0.1, 0.15) is 25.8 Å². The van der Waals surface area contributed by atoms with E-state index in [1.54, 1.807) is 19.1 Å². The molecule has 0 radical (unpaired) electrons. The van der Waals surface area contributed by atoms with Crippen LogP contribution >= 0.6 is 0 Å². The summed E-state index contributed by atoms with van der Waals surface area (Å²) in [5.41, 5.74) is 1.61. The van der Waals surface area contributed by atoms with E-state index in [-0.39, 0.29) is 5.91 Å². The number of hydrogen-bond donors (Lipinski definition) is 0. The van der Waals surface area contributed by atoms with Crippen LogP contribution in [-0.2, 0) is 9.63 Å². The van der Waals surface area contributed by atoms with Crippen molar-refractivity contribution in [2.24, 2.45) is 5.16 Å². The molecule has 6 nitrogen and oxygen atoms in total. The van der Waals surface area contributed by atoms with E-state index in [1.165, 1.54) is 0 Å². The predicted octanol–water partition coefficient (Wildman–Crippen LogP) is 2.07. The first kappa shape index (κ1) is 16.1. The zero-order valence-corrected chi connectivity index (χ0v) is 13.5. The lowest BCUT2D eigenvalue weighted by molar-refractivity contribution is -0.141. The molecular weight excluding hydrogens is 284 g/mol. The lowest BCUT2D eigenvalue weighted by atomic mass is 10.0. The van der Waals surface area contributed by atoms with Crippen LogP contribution in [0.4, 0.5) is 0 Å². The molecule has 0 bridgehead atoms. The Kier molecular flexibility index (Phi) is 5.25. The molecule has 0 aromatic heterocycles. The van der Waals surface area contributed by atoms with Crippen molar-refractivity contribution in [2.75, 3.05) is 27.3 Å². The van der Waals surface area contributed by atoms with Crippen molar-refractivity contribution in [3.05, 3.63) is 23.8 Å². The minimum Gasteiger partial charge on any atom is -0.493 e. The van der Waals surface area contributed by atoms with Crippen LogP contribution in [0.5, 0.6) is 11.5 Å². The molecular formula is C16H22N2O4. The molecule has 0 saturated carbocycles. The van der Waals surface area contributed by atoms with Crippen molar-refractivity contribution in [3.63, 3.8) is 0 Å². The molecule has 1 aromatic rings. The van der Waals surface area contributed by atoms with E-state index in [0.29, 0.717) is 31.0 Å². The van der Waals surface area contributed by atoms with Gasteiger partial charge in [-0.05, 0) is 32.0 Å². The number of carbonyl (C=O) groups is 1. The van der Waals surface area contributed by atoms with Crippen molar-refractivity contribution >= 4 is 11.6 Å². The molecule has 1 unspecified atom stereocenters. The van der Waals surface area contributed by atoms with Gasteiger partial charge in [0, 0.05) is 25.1 Å². The summed E-state index contributed by atoms with van der Waals surface area (Å²) in [6.07, 6.45) is -0.0758. The van der Waals surface area contributed by atoms with Gasteiger partial charge < -0.3 is 19.2 Å². The van der Waals surface area contributed by atoms with Gasteiger partial charge in [-0.25, -0.2) is 0 Å². The molecule has 1 heterocycles. The second-order valence-corrected chi connectivity index (χ2v) is 4.92. The Labute approximate surface area is 130 Å². The van der Waals surface area contributed by atoms with Crippen molar-refractivity contribution in [3.8, 4) is 11.5 Å². The fourth-order valence-electron chi connectivity index (χ4n) is 2.43. The molecule has 1 aliphatic heterocycles. The first-order chi connectivity index (χ1) is 10.6. The predicted molar refractivity (Wildman–Crippen MR) is 83.5 cm³/mol. The van der Waals surface area contributed by atoms with Gasteiger partial charge in [0.25, 0.3) is 5.91 Å². The Morgan fingerprint density at radius 2 is 1.95 bits per heavy atom. The maximum Gasteiger partial charge on any atom is 0.266 e. The summed E-state index contributed by atoms with van der Waals surface area (Å²) < 4.78 is 10.5. The number of hydrogen-bond acceptors (Lipinski definition) is 5. The molecule has 2 rings (SSSR count). The van der Waals surface area contributed by atoms with Gasteiger partial charge in [0.15, 0.2) is 11.5 Å². The third-order valence-electron chi connectivity index (χ3n) is 3.74. The van der Waals surface area contributed by atoms with Gasteiger partial charge in [0.05, 0.1) is 19.9 Å². The number of ether oxygens (including phenoxy) is 2. The van der Waals surface area contributed by atoms with Gasteiger partial charge in [-0.1, -0.05) is 5.16 Å². The second kappa shape index (κ2) is 7.15. The maximum atomic E-state index is 12.3. The van der Waals surface area contributed by atoms with Crippen molar-refractivity contribution in [1.29, 1.82) is 0 Å². The summed E-state index contributed by atoms with van der Waals surface area (Å²) in [7, 11) is 3.17. The van der Waals surface area contributed by atoms with Gasteiger partial charge in [-0.15, -0.1) is 0 Å². The lowest BCUT2D eigenvalue weighted by Gasteiger charge is -2.21. The fraction of sp³-hybridized carbons (Fsp3) is 0.500. The molecule has 0 saturated heterocycles. The Hall–Kier alpha value is -2.24. The smallest absolute Gasteiger partial charge is 0.266 e. The highest BCUT2D eigenvalue weighted by Gasteiger charge is 2.31. The largest absolute Gasteiger partial charge is 0.493 e. The minimum atomic E-state index is -0.539. The summed E-state index contributed by atoms with van der Waals surface area (Å²) in [5.74, 6) is 1.26. The molecule has 22 heavy (non-hydrogen) atoms. The summed E-state index contributed by atoms with van der Waals surface area (Å²) >= 11 is 0. The summed E-state index contributed by atoms with van der Waals surface area (Å²) in [5, 5.41) is 4.06. The van der Waals surface area contributed by atoms with Crippen molar-refractivity contribution in [2.45, 2.75) is 26.4 Å². The molecule has 1 aliphatic rings. The third-order valence-corrected chi connectivity index (χ3v) is 3.74. The zero-order chi connectivity index (χ0) is 16.1. The molecule has 0 spiro atoms. The van der Waals surface area contributed by atoms with Crippen LogP contribution in [0.2, 0.25) is 0 Å². The molecule has 0 fully saturated rings. The monoisotopic (exact) mass is 306 g/mol. The van der Waals surface area contributed by atoms with Crippen LogP contribution in [0.25, 0.3) is 0 Å². The van der Waals surface area contributed by atoms with Gasteiger partial charge in [-0.3, -0.25) is 4.79 Å². The number of methoxy groups -OCH3 is 2. The Balaban J connectivity index is 2.11. The van der Waals surface area contributed by atoms with E-state index >= 15 is 0 Å². The first-order valence-corrected chi connectivity index (χ1v) is 7.38. The van der Waals surface area contributed by atoms with Crippen LogP contribution in [0, 0.1) is 0 Å². The highest BCUT2D eigenvalue weighted by Crippen LogP contribution is 2.29. The van der Waals surface area contributed by atoms with Crippen LogP contribution in [0.3, 0.4) is 0 Å². The summed E-state index contributed by atoms with van der Waals surface area (Å²) in [4.78, 5) is 19.4. The minimum absolute atomic E-state index is 0.0239. The van der Waals surface area contributed by atoms with E-state index in [4.69, 9.17) is 14.3 Å². The summed E-state index contributed by atoms with van der Waals surface area (Å²) in [6, 6.07) is 5.54. The number of benzene rings is 1. The van der Waals surface area contributed by atoms with E-state index < -0.39 is 6.10 Å². The van der Waals surface area contributed by atoms with E-state index in [9.17, 15) is 4.79 Å². The topological polar surface area (TPSA) is 60.4 Å². The zero-order valence-electron chi connectivity index (χ0n) is 13.5. The number of amides is 1. The average molecular weight is 306 g/mol. The standard InChI is InChI=1S/C16H22N2O4/c1-5-18(6-2)16(19)15-10-12(17-22-15)11-7-8-13(20-3)14(9-11)21-4/h7-9,15H,5-6,10H2,1-4H3. The van der Waals surface area contributed by atoms with E-state index in [0.717, 1.165) is 11.3 Å². The normalized spacial score (nSPS) is 16.7. The molecule has 1 amide bonds. The van der Waals surface area contributed by atoms with Gasteiger partial charge in [0.1, 0.15) is 0 Å². The van der Waals surface area contributed by atoms with Gasteiger partial charge in [-0.2, -0.15) is 0 Å². The maximum absolute atomic E-state index is 12.3. The van der Waals surface area contributed by atoms with Crippen LogP contribution in [0.15, 0.2) is 23.4 Å². The molecule has 1 atom stereocenters. The van der Waals surface area contributed by atoms with E-state index in [2.05, 4.69) is 5.16 Å². The second-order valence-electron chi connectivity index (χ2n) is 4.92. The molecule has 6 heteroatoms. The molecule has 1 aromatic carbocycles. The highest BCUT2D eigenvalue weighted by atomic mass is 16.6. The number of oxime groups is 1. The number of likely N-dealkylation sites (N-methyl/N-ethyl adjacent to an activating group) is 1. The van der Waals surface area contributed by atoms with Crippen LogP contribution < -0.4 is 9.47 Å². The van der Waals surface area contributed by atoms with E-state index in [1.807, 2.05) is 32.0 Å². The van der Waals surface area contributed by atoms with Crippen molar-refractivity contribution < 1.29 is 19.1 Å².